The molecule has 0 aliphatic carbocycles. The SMILES string of the molecule is C.CC(=O)NC[C@H]1CN(c2cc(F)c(N3CCNN(C(=O)Oc4cccnc4)CC3)c(F)c2)C(=O)O1. The van der Waals surface area contributed by atoms with Gasteiger partial charge in [0.2, 0.25) is 5.91 Å². The lowest BCUT2D eigenvalue weighted by Crippen LogP contribution is -2.45. The Hall–Kier alpha value is -4.00. The van der Waals surface area contributed by atoms with Crippen LogP contribution >= 0.6 is 0 Å². The number of benzene rings is 1. The average molecular weight is 507 g/mol. The Morgan fingerprint density at radius 3 is 2.67 bits per heavy atom. The first-order chi connectivity index (χ1) is 16.8. The highest BCUT2D eigenvalue weighted by Crippen LogP contribution is 2.31. The highest BCUT2D eigenvalue weighted by atomic mass is 19.1. The Labute approximate surface area is 206 Å². The molecule has 0 spiro atoms. The number of nitrogens with zero attached hydrogens (tertiary/aromatic N) is 4. The summed E-state index contributed by atoms with van der Waals surface area (Å²) < 4.78 is 40.5. The van der Waals surface area contributed by atoms with Crippen molar-refractivity contribution in [1.29, 1.82) is 0 Å². The third-order valence-electron chi connectivity index (χ3n) is 5.42. The number of anilines is 2. The van der Waals surface area contributed by atoms with Crippen LogP contribution in [0.25, 0.3) is 0 Å². The zero-order valence-corrected chi connectivity index (χ0v) is 18.9. The predicted octanol–water partition coefficient (Wildman–Crippen LogP) is 2.28. The fourth-order valence-corrected chi connectivity index (χ4v) is 3.78. The number of cyclic esters (lactones) is 1. The standard InChI is InChI=1S/C22H24F2N6O5.CH4/c1-14(31)26-12-17-13-29(21(32)35-17)15-9-18(23)20(19(24)10-15)28-6-5-27-30(8-7-28)22(33)34-16-3-2-4-25-11-16;/h2-4,9-11,17,27H,5-8,12-13H2,1H3,(H,26,31);1H4/t17-;/m0./s1. The molecule has 0 saturated carbocycles. The summed E-state index contributed by atoms with van der Waals surface area (Å²) in [6, 6.07) is 5.33. The number of amides is 3. The van der Waals surface area contributed by atoms with E-state index in [1.54, 1.807) is 18.3 Å². The maximum Gasteiger partial charge on any atom is 0.429 e. The first-order valence-corrected chi connectivity index (χ1v) is 10.9. The molecule has 2 aliphatic rings. The van der Waals surface area contributed by atoms with Crippen LogP contribution in [0.15, 0.2) is 36.7 Å². The molecule has 1 aromatic heterocycles. The summed E-state index contributed by atoms with van der Waals surface area (Å²) in [4.78, 5) is 42.1. The Bertz CT molecular complexity index is 1080. The molecule has 0 unspecified atom stereocenters. The van der Waals surface area contributed by atoms with Gasteiger partial charge in [0, 0.05) is 44.9 Å². The quantitative estimate of drug-likeness (QED) is 0.635. The highest BCUT2D eigenvalue weighted by molar-refractivity contribution is 5.90. The van der Waals surface area contributed by atoms with E-state index >= 15 is 8.78 Å². The summed E-state index contributed by atoms with van der Waals surface area (Å²) in [6.45, 7) is 2.15. The predicted molar refractivity (Wildman–Crippen MR) is 127 cm³/mol. The molecule has 2 saturated heterocycles. The first kappa shape index (κ1) is 26.6. The van der Waals surface area contributed by atoms with Crippen molar-refractivity contribution in [2.45, 2.75) is 20.5 Å². The van der Waals surface area contributed by atoms with E-state index in [0.29, 0.717) is 0 Å². The van der Waals surface area contributed by atoms with Crippen molar-refractivity contribution in [3.63, 3.8) is 0 Å². The first-order valence-electron chi connectivity index (χ1n) is 10.9. The number of carbonyl (C=O) groups excluding carboxylic acids is 3. The second-order valence-corrected chi connectivity index (χ2v) is 7.91. The summed E-state index contributed by atoms with van der Waals surface area (Å²) >= 11 is 0. The average Bonchev–Trinajstić information content (AvgIpc) is 3.02. The van der Waals surface area contributed by atoms with E-state index in [2.05, 4.69) is 15.7 Å². The molecular formula is C23H28F2N6O5. The van der Waals surface area contributed by atoms with Gasteiger partial charge in [0.1, 0.15) is 11.8 Å². The lowest BCUT2D eigenvalue weighted by molar-refractivity contribution is -0.119. The van der Waals surface area contributed by atoms with Gasteiger partial charge in [0.25, 0.3) is 0 Å². The molecule has 4 rings (SSSR count). The Kier molecular flexibility index (Phi) is 8.59. The number of halogens is 2. The van der Waals surface area contributed by atoms with E-state index in [1.165, 1.54) is 23.0 Å². The molecule has 3 heterocycles. The van der Waals surface area contributed by atoms with Crippen molar-refractivity contribution >= 4 is 29.5 Å². The van der Waals surface area contributed by atoms with Gasteiger partial charge in [0.15, 0.2) is 17.4 Å². The number of nitrogens with one attached hydrogen (secondary N) is 2. The molecule has 2 N–H and O–H groups in total. The van der Waals surface area contributed by atoms with Gasteiger partial charge in [-0.1, -0.05) is 7.43 Å². The lowest BCUT2D eigenvalue weighted by atomic mass is 10.2. The molecule has 0 bridgehead atoms. The minimum Gasteiger partial charge on any atom is -0.442 e. The van der Waals surface area contributed by atoms with Crippen LogP contribution in [-0.4, -0.2) is 73.5 Å². The number of hydrogen-bond donors (Lipinski definition) is 2. The van der Waals surface area contributed by atoms with Crippen molar-refractivity contribution in [2.24, 2.45) is 0 Å². The van der Waals surface area contributed by atoms with E-state index in [9.17, 15) is 14.4 Å². The van der Waals surface area contributed by atoms with Crippen molar-refractivity contribution in [2.75, 3.05) is 49.1 Å². The second-order valence-electron chi connectivity index (χ2n) is 7.91. The van der Waals surface area contributed by atoms with E-state index in [4.69, 9.17) is 9.47 Å². The van der Waals surface area contributed by atoms with Crippen LogP contribution < -0.4 is 25.3 Å². The third-order valence-corrected chi connectivity index (χ3v) is 5.42. The van der Waals surface area contributed by atoms with E-state index < -0.39 is 29.9 Å². The Morgan fingerprint density at radius 1 is 1.25 bits per heavy atom. The maximum atomic E-state index is 15.1. The van der Waals surface area contributed by atoms with Crippen LogP contribution in [0.2, 0.25) is 0 Å². The van der Waals surface area contributed by atoms with Gasteiger partial charge in [-0.05, 0) is 12.1 Å². The van der Waals surface area contributed by atoms with Crippen LogP contribution in [0.3, 0.4) is 0 Å². The fraction of sp³-hybridized carbons (Fsp3) is 0.391. The molecule has 0 radical (unpaired) electrons. The minimum absolute atomic E-state index is 0. The van der Waals surface area contributed by atoms with Crippen LogP contribution in [0.1, 0.15) is 14.4 Å². The minimum atomic E-state index is -0.857. The molecule has 36 heavy (non-hydrogen) atoms. The van der Waals surface area contributed by atoms with Gasteiger partial charge in [-0.15, -0.1) is 0 Å². The summed E-state index contributed by atoms with van der Waals surface area (Å²) in [7, 11) is 0. The Balaban J connectivity index is 0.00000361. The molecule has 11 nitrogen and oxygen atoms in total. The van der Waals surface area contributed by atoms with E-state index in [0.717, 1.165) is 17.0 Å². The van der Waals surface area contributed by atoms with Crippen molar-refractivity contribution in [1.82, 2.24) is 20.7 Å². The molecule has 1 atom stereocenters. The maximum absolute atomic E-state index is 15.1. The van der Waals surface area contributed by atoms with Gasteiger partial charge < -0.3 is 19.7 Å². The van der Waals surface area contributed by atoms with Crippen LogP contribution in [-0.2, 0) is 9.53 Å². The van der Waals surface area contributed by atoms with Crippen LogP contribution in [0.5, 0.6) is 5.75 Å². The molecule has 3 amide bonds. The number of hydrazine groups is 1. The number of pyridine rings is 1. The molecular weight excluding hydrogens is 478 g/mol. The van der Waals surface area contributed by atoms with Gasteiger partial charge in [-0.25, -0.2) is 28.8 Å². The topological polar surface area (TPSA) is 116 Å². The summed E-state index contributed by atoms with van der Waals surface area (Å²) in [6.07, 6.45) is 0.884. The van der Waals surface area contributed by atoms with Gasteiger partial charge in [-0.3, -0.25) is 14.7 Å². The largest absolute Gasteiger partial charge is 0.442 e. The smallest absolute Gasteiger partial charge is 0.429 e. The van der Waals surface area contributed by atoms with E-state index in [1.807, 2.05) is 0 Å². The van der Waals surface area contributed by atoms with E-state index in [-0.39, 0.29) is 69.7 Å². The molecule has 2 aliphatic heterocycles. The third kappa shape index (κ3) is 6.16. The van der Waals surface area contributed by atoms with Gasteiger partial charge in [0.05, 0.1) is 31.5 Å². The van der Waals surface area contributed by atoms with Gasteiger partial charge in [-0.2, -0.15) is 0 Å². The lowest BCUT2D eigenvalue weighted by Gasteiger charge is -2.25. The summed E-state index contributed by atoms with van der Waals surface area (Å²) in [5.74, 6) is -1.72. The monoisotopic (exact) mass is 506 g/mol. The molecule has 2 fully saturated rings. The number of aromatic nitrogens is 1. The number of carbonyl (C=O) groups is 3. The van der Waals surface area contributed by atoms with Crippen LogP contribution in [0.4, 0.5) is 29.7 Å². The number of hydrogen-bond acceptors (Lipinski definition) is 8. The van der Waals surface area contributed by atoms with Crippen molar-refractivity contribution in [3.05, 3.63) is 48.3 Å². The number of rotatable bonds is 5. The molecule has 13 heteroatoms. The summed E-state index contributed by atoms with van der Waals surface area (Å²) in [5, 5.41) is 3.77. The van der Waals surface area contributed by atoms with Crippen molar-refractivity contribution in [3.8, 4) is 5.75 Å². The summed E-state index contributed by atoms with van der Waals surface area (Å²) in [5.41, 5.74) is 2.62. The molecule has 194 valence electrons. The van der Waals surface area contributed by atoms with Crippen molar-refractivity contribution < 1.29 is 32.6 Å². The zero-order chi connectivity index (χ0) is 24.9. The zero-order valence-electron chi connectivity index (χ0n) is 18.9. The number of ether oxygens (including phenoxy) is 2. The molecule has 2 aromatic rings. The second kappa shape index (κ2) is 11.6. The Morgan fingerprint density at radius 2 is 2.00 bits per heavy atom. The normalized spacial score (nSPS) is 17.7. The fourth-order valence-electron chi connectivity index (χ4n) is 3.78. The molecule has 1 aromatic carbocycles. The van der Waals surface area contributed by atoms with Crippen LogP contribution in [0, 0.1) is 11.6 Å². The van der Waals surface area contributed by atoms with Gasteiger partial charge >= 0.3 is 12.2 Å². The highest BCUT2D eigenvalue weighted by Gasteiger charge is 2.34.